The van der Waals surface area contributed by atoms with Gasteiger partial charge in [0, 0.05) is 25.3 Å². The van der Waals surface area contributed by atoms with Gasteiger partial charge in [0.25, 0.3) is 5.91 Å². The molecule has 5 heteroatoms. The minimum absolute atomic E-state index is 0.245. The third-order valence-corrected chi connectivity index (χ3v) is 4.17. The number of nitrogens with zero attached hydrogens (tertiary/aromatic N) is 2. The summed E-state index contributed by atoms with van der Waals surface area (Å²) in [6.07, 6.45) is 6.33. The molecule has 0 atom stereocenters. The maximum absolute atomic E-state index is 12.1. The Labute approximate surface area is 162 Å². The minimum Gasteiger partial charge on any atom is -0.494 e. The summed E-state index contributed by atoms with van der Waals surface area (Å²) >= 11 is 0. The fourth-order valence-corrected chi connectivity index (χ4v) is 2.51. The van der Waals surface area contributed by atoms with Gasteiger partial charge < -0.3 is 9.64 Å². The number of nitrogens with one attached hydrogen (secondary N) is 1. The number of unbranched alkanes of at least 4 members (excludes halogenated alkanes) is 3. The summed E-state index contributed by atoms with van der Waals surface area (Å²) in [4.78, 5) is 14.2. The SMILES string of the molecule is CCCCCCOc1ccc(C(=O)N/N=C/c2ccc(N(C)C)cc2)cc1. The highest BCUT2D eigenvalue weighted by Gasteiger charge is 2.04. The zero-order valence-corrected chi connectivity index (χ0v) is 16.4. The van der Waals surface area contributed by atoms with Crippen LogP contribution < -0.4 is 15.1 Å². The van der Waals surface area contributed by atoms with Crippen LogP contribution in [0.25, 0.3) is 0 Å². The second-order valence-corrected chi connectivity index (χ2v) is 6.62. The molecule has 0 aromatic heterocycles. The molecule has 144 valence electrons. The molecular formula is C22H29N3O2. The molecule has 27 heavy (non-hydrogen) atoms. The van der Waals surface area contributed by atoms with Crippen LogP contribution in [0.2, 0.25) is 0 Å². The Kier molecular flexibility index (Phi) is 8.36. The fourth-order valence-electron chi connectivity index (χ4n) is 2.51. The molecule has 0 saturated heterocycles. The highest BCUT2D eigenvalue weighted by molar-refractivity contribution is 5.95. The van der Waals surface area contributed by atoms with Crippen molar-refractivity contribution < 1.29 is 9.53 Å². The quantitative estimate of drug-likeness (QED) is 0.383. The van der Waals surface area contributed by atoms with Gasteiger partial charge in [-0.15, -0.1) is 0 Å². The minimum atomic E-state index is -0.245. The summed E-state index contributed by atoms with van der Waals surface area (Å²) in [6, 6.07) is 15.1. The van der Waals surface area contributed by atoms with Gasteiger partial charge in [-0.3, -0.25) is 4.79 Å². The Morgan fingerprint density at radius 2 is 1.74 bits per heavy atom. The Balaban J connectivity index is 1.79. The first kappa shape index (κ1) is 20.5. The van der Waals surface area contributed by atoms with Gasteiger partial charge in [0.1, 0.15) is 5.75 Å². The molecule has 0 saturated carbocycles. The lowest BCUT2D eigenvalue weighted by Crippen LogP contribution is -2.17. The molecule has 0 fully saturated rings. The van der Waals surface area contributed by atoms with E-state index in [1.165, 1.54) is 19.3 Å². The van der Waals surface area contributed by atoms with Gasteiger partial charge in [0.05, 0.1) is 12.8 Å². The first-order valence-corrected chi connectivity index (χ1v) is 9.44. The van der Waals surface area contributed by atoms with Gasteiger partial charge >= 0.3 is 0 Å². The molecule has 0 aliphatic carbocycles. The zero-order chi connectivity index (χ0) is 19.5. The molecule has 2 aromatic rings. The van der Waals surface area contributed by atoms with E-state index in [0.717, 1.165) is 23.4 Å². The summed E-state index contributed by atoms with van der Waals surface area (Å²) in [5.74, 6) is 0.540. The summed E-state index contributed by atoms with van der Waals surface area (Å²) in [5.41, 5.74) is 5.14. The average Bonchev–Trinajstić information content (AvgIpc) is 2.68. The van der Waals surface area contributed by atoms with Crippen molar-refractivity contribution in [2.45, 2.75) is 32.6 Å². The summed E-state index contributed by atoms with van der Waals surface area (Å²) in [7, 11) is 3.98. The molecule has 0 aliphatic rings. The van der Waals surface area contributed by atoms with Gasteiger partial charge in [0.2, 0.25) is 0 Å². The third kappa shape index (κ3) is 7.13. The first-order valence-electron chi connectivity index (χ1n) is 9.44. The van der Waals surface area contributed by atoms with Crippen molar-refractivity contribution in [3.05, 3.63) is 59.7 Å². The number of rotatable bonds is 10. The third-order valence-electron chi connectivity index (χ3n) is 4.17. The van der Waals surface area contributed by atoms with Crippen molar-refractivity contribution in [2.24, 2.45) is 5.10 Å². The van der Waals surface area contributed by atoms with E-state index < -0.39 is 0 Å². The maximum atomic E-state index is 12.1. The van der Waals surface area contributed by atoms with Gasteiger partial charge in [-0.1, -0.05) is 38.3 Å². The molecule has 2 aromatic carbocycles. The summed E-state index contributed by atoms with van der Waals surface area (Å²) in [6.45, 7) is 2.90. The van der Waals surface area contributed by atoms with Crippen LogP contribution in [0.1, 0.15) is 48.5 Å². The maximum Gasteiger partial charge on any atom is 0.271 e. The lowest BCUT2D eigenvalue weighted by molar-refractivity contribution is 0.0955. The van der Waals surface area contributed by atoms with Crippen LogP contribution in [0.3, 0.4) is 0 Å². The Morgan fingerprint density at radius 3 is 2.37 bits per heavy atom. The van der Waals surface area contributed by atoms with Crippen molar-refractivity contribution >= 4 is 17.8 Å². The van der Waals surface area contributed by atoms with E-state index in [0.29, 0.717) is 12.2 Å². The van der Waals surface area contributed by atoms with E-state index in [4.69, 9.17) is 4.74 Å². The van der Waals surface area contributed by atoms with Crippen LogP contribution in [0, 0.1) is 0 Å². The highest BCUT2D eigenvalue weighted by Crippen LogP contribution is 2.13. The second-order valence-electron chi connectivity index (χ2n) is 6.62. The number of anilines is 1. The van der Waals surface area contributed by atoms with Gasteiger partial charge in [-0.05, 0) is 48.4 Å². The number of ether oxygens (including phenoxy) is 1. The number of carbonyl (C=O) groups excluding carboxylic acids is 1. The molecule has 0 aliphatic heterocycles. The molecule has 1 amide bonds. The molecule has 0 heterocycles. The largest absolute Gasteiger partial charge is 0.494 e. The molecule has 0 unspecified atom stereocenters. The van der Waals surface area contributed by atoms with E-state index in [1.807, 2.05) is 55.4 Å². The number of benzene rings is 2. The van der Waals surface area contributed by atoms with Crippen LogP contribution in [0.4, 0.5) is 5.69 Å². The molecule has 5 nitrogen and oxygen atoms in total. The van der Waals surface area contributed by atoms with Crippen LogP contribution in [0.5, 0.6) is 5.75 Å². The molecule has 0 bridgehead atoms. The van der Waals surface area contributed by atoms with Crippen LogP contribution in [-0.2, 0) is 0 Å². The predicted molar refractivity (Wildman–Crippen MR) is 112 cm³/mol. The van der Waals surface area contributed by atoms with Gasteiger partial charge in [0.15, 0.2) is 0 Å². The van der Waals surface area contributed by atoms with E-state index in [9.17, 15) is 4.79 Å². The topological polar surface area (TPSA) is 53.9 Å². The van der Waals surface area contributed by atoms with Crippen molar-refractivity contribution in [3.63, 3.8) is 0 Å². The van der Waals surface area contributed by atoms with E-state index in [2.05, 4.69) is 17.5 Å². The molecule has 0 spiro atoms. The number of hydrogen-bond donors (Lipinski definition) is 1. The summed E-state index contributed by atoms with van der Waals surface area (Å²) < 4.78 is 5.69. The number of amides is 1. The number of hydrogen-bond acceptors (Lipinski definition) is 4. The normalized spacial score (nSPS) is 10.8. The second kappa shape index (κ2) is 11.0. The number of carbonyl (C=O) groups is 1. The first-order chi connectivity index (χ1) is 13.1. The van der Waals surface area contributed by atoms with Crippen molar-refractivity contribution in [1.82, 2.24) is 5.43 Å². The summed E-state index contributed by atoms with van der Waals surface area (Å²) in [5, 5.41) is 4.02. The highest BCUT2D eigenvalue weighted by atomic mass is 16.5. The van der Waals surface area contributed by atoms with Crippen molar-refractivity contribution in [2.75, 3.05) is 25.6 Å². The Bertz CT molecular complexity index is 722. The van der Waals surface area contributed by atoms with Crippen LogP contribution in [-0.4, -0.2) is 32.8 Å². The van der Waals surface area contributed by atoms with E-state index in [1.54, 1.807) is 18.3 Å². The smallest absolute Gasteiger partial charge is 0.271 e. The van der Waals surface area contributed by atoms with Crippen molar-refractivity contribution in [3.8, 4) is 5.75 Å². The van der Waals surface area contributed by atoms with Gasteiger partial charge in [-0.2, -0.15) is 5.10 Å². The Morgan fingerprint density at radius 1 is 1.04 bits per heavy atom. The molecule has 0 radical (unpaired) electrons. The molecule has 2 rings (SSSR count). The lowest BCUT2D eigenvalue weighted by atomic mass is 10.2. The van der Waals surface area contributed by atoms with Crippen molar-refractivity contribution in [1.29, 1.82) is 0 Å². The zero-order valence-electron chi connectivity index (χ0n) is 16.4. The number of hydrazone groups is 1. The van der Waals surface area contributed by atoms with E-state index >= 15 is 0 Å². The fraction of sp³-hybridized carbons (Fsp3) is 0.364. The Hall–Kier alpha value is -2.82. The molecular weight excluding hydrogens is 338 g/mol. The predicted octanol–water partition coefficient (Wildman–Crippen LogP) is 4.48. The lowest BCUT2D eigenvalue weighted by Gasteiger charge is -2.11. The standard InChI is InChI=1S/C22H29N3O2/c1-4-5-6-7-16-27-21-14-10-19(11-15-21)22(26)24-23-17-18-8-12-20(13-9-18)25(2)3/h8-15,17H,4-7,16H2,1-3H3,(H,24,26)/b23-17+. The van der Waals surface area contributed by atoms with Crippen LogP contribution in [0.15, 0.2) is 53.6 Å². The van der Waals surface area contributed by atoms with E-state index in [-0.39, 0.29) is 5.91 Å². The average molecular weight is 367 g/mol. The monoisotopic (exact) mass is 367 g/mol. The molecule has 1 N–H and O–H groups in total. The van der Waals surface area contributed by atoms with Crippen LogP contribution >= 0.6 is 0 Å². The van der Waals surface area contributed by atoms with Gasteiger partial charge in [-0.25, -0.2) is 5.43 Å².